The molecule has 0 aliphatic carbocycles. The zero-order valence-electron chi connectivity index (χ0n) is 11.4. The molecule has 0 fully saturated rings. The Morgan fingerprint density at radius 1 is 1.40 bits per heavy atom. The van der Waals surface area contributed by atoms with Gasteiger partial charge in [0.05, 0.1) is 13.0 Å². The minimum absolute atomic E-state index is 0.0294. The number of hydrogen-bond acceptors (Lipinski definition) is 5. The van der Waals surface area contributed by atoms with Crippen LogP contribution in [0.2, 0.25) is 0 Å². The molecule has 4 nitrogen and oxygen atoms in total. The van der Waals surface area contributed by atoms with E-state index in [2.05, 4.69) is 24.1 Å². The van der Waals surface area contributed by atoms with Crippen molar-refractivity contribution in [2.75, 3.05) is 6.54 Å². The van der Waals surface area contributed by atoms with Crippen molar-refractivity contribution in [3.8, 4) is 0 Å². The molecule has 20 heavy (non-hydrogen) atoms. The van der Waals surface area contributed by atoms with Crippen molar-refractivity contribution in [3.63, 3.8) is 0 Å². The largest absolute Gasteiger partial charge is 0.345 e. The lowest BCUT2D eigenvalue weighted by molar-refractivity contribution is -0.117. The van der Waals surface area contributed by atoms with Gasteiger partial charge in [-0.2, -0.15) is 11.3 Å². The predicted molar refractivity (Wildman–Crippen MR) is 81.6 cm³/mol. The molecule has 0 radical (unpaired) electrons. The number of aromatic nitrogens is 1. The van der Waals surface area contributed by atoms with Crippen LogP contribution in [0.4, 0.5) is 0 Å². The number of nitrogens with zero attached hydrogens (tertiary/aromatic N) is 1. The Bertz CT molecular complexity index is 588. The summed E-state index contributed by atoms with van der Waals surface area (Å²) < 4.78 is 0. The Morgan fingerprint density at radius 2 is 2.20 bits per heavy atom. The summed E-state index contributed by atoms with van der Waals surface area (Å²) in [5, 5.41) is 7.03. The van der Waals surface area contributed by atoms with Crippen LogP contribution in [-0.2, 0) is 11.2 Å². The summed E-state index contributed by atoms with van der Waals surface area (Å²) in [5.74, 6) is 0.189. The average molecular weight is 308 g/mol. The van der Waals surface area contributed by atoms with E-state index in [0.29, 0.717) is 11.5 Å². The molecule has 2 rings (SSSR count). The molecule has 0 aliphatic heterocycles. The Hall–Kier alpha value is -1.53. The molecule has 2 heterocycles. The first kappa shape index (κ1) is 14.9. The van der Waals surface area contributed by atoms with Crippen LogP contribution in [0.5, 0.6) is 0 Å². The molecular formula is C14H16N2O2S2. The standard InChI is InChI=1S/C14H16N2O2S2/c1-9(2)12-7-15-13(20-12)5-11(17)6-16-14(18)10-3-4-19-8-10/h3-4,7-9H,5-6H2,1-2H3,(H,16,18). The van der Waals surface area contributed by atoms with Crippen LogP contribution >= 0.6 is 22.7 Å². The molecule has 1 N–H and O–H groups in total. The van der Waals surface area contributed by atoms with Crippen molar-refractivity contribution in [3.05, 3.63) is 38.5 Å². The minimum Gasteiger partial charge on any atom is -0.345 e. The number of thiazole rings is 1. The fourth-order valence-corrected chi connectivity index (χ4v) is 3.17. The Balaban J connectivity index is 1.82. The second-order valence-electron chi connectivity index (χ2n) is 4.72. The van der Waals surface area contributed by atoms with E-state index in [-0.39, 0.29) is 24.7 Å². The highest BCUT2D eigenvalue weighted by Gasteiger charge is 2.12. The fourth-order valence-electron chi connectivity index (χ4n) is 1.58. The van der Waals surface area contributed by atoms with Crippen LogP contribution in [0, 0.1) is 0 Å². The Kier molecular flexibility index (Phi) is 5.03. The van der Waals surface area contributed by atoms with Gasteiger partial charge in [-0.25, -0.2) is 4.98 Å². The van der Waals surface area contributed by atoms with Gasteiger partial charge in [-0.1, -0.05) is 13.8 Å². The first-order valence-electron chi connectivity index (χ1n) is 6.33. The zero-order chi connectivity index (χ0) is 14.5. The van der Waals surface area contributed by atoms with Gasteiger partial charge in [0.15, 0.2) is 5.78 Å². The summed E-state index contributed by atoms with van der Waals surface area (Å²) in [6, 6.07) is 1.74. The van der Waals surface area contributed by atoms with E-state index in [1.54, 1.807) is 22.8 Å². The van der Waals surface area contributed by atoms with Crippen molar-refractivity contribution in [1.82, 2.24) is 10.3 Å². The maximum absolute atomic E-state index is 11.8. The third kappa shape index (κ3) is 3.98. The minimum atomic E-state index is -0.207. The zero-order valence-corrected chi connectivity index (χ0v) is 13.0. The fraction of sp³-hybridized carbons (Fsp3) is 0.357. The van der Waals surface area contributed by atoms with Gasteiger partial charge in [0.25, 0.3) is 5.91 Å². The van der Waals surface area contributed by atoms with Crippen LogP contribution in [0.1, 0.15) is 40.0 Å². The number of amides is 1. The van der Waals surface area contributed by atoms with Crippen LogP contribution < -0.4 is 5.32 Å². The number of hydrogen-bond donors (Lipinski definition) is 1. The summed E-state index contributed by atoms with van der Waals surface area (Å²) in [6.45, 7) is 4.24. The Labute approximate surface area is 125 Å². The molecule has 0 unspecified atom stereocenters. The van der Waals surface area contributed by atoms with Gasteiger partial charge in [-0.15, -0.1) is 11.3 Å². The predicted octanol–water partition coefficient (Wildman–Crippen LogP) is 2.87. The van der Waals surface area contributed by atoms with Gasteiger partial charge >= 0.3 is 0 Å². The summed E-state index contributed by atoms with van der Waals surface area (Å²) in [5.41, 5.74) is 0.596. The second kappa shape index (κ2) is 6.76. The molecule has 0 spiro atoms. The number of Topliss-reactive ketones (excluding diaryl/α,β-unsaturated/α-hetero) is 1. The molecule has 0 saturated heterocycles. The summed E-state index contributed by atoms with van der Waals surface area (Å²) in [7, 11) is 0. The van der Waals surface area contributed by atoms with Crippen molar-refractivity contribution in [2.45, 2.75) is 26.2 Å². The van der Waals surface area contributed by atoms with Gasteiger partial charge in [-0.3, -0.25) is 9.59 Å². The monoisotopic (exact) mass is 308 g/mol. The van der Waals surface area contributed by atoms with Gasteiger partial charge in [-0.05, 0) is 17.4 Å². The molecule has 6 heteroatoms. The molecular weight excluding hydrogens is 292 g/mol. The SMILES string of the molecule is CC(C)c1cnc(CC(=O)CNC(=O)c2ccsc2)s1. The second-order valence-corrected chi connectivity index (χ2v) is 6.65. The van der Waals surface area contributed by atoms with Crippen LogP contribution in [0.3, 0.4) is 0 Å². The van der Waals surface area contributed by atoms with Gasteiger partial charge in [0, 0.05) is 22.0 Å². The number of carbonyl (C=O) groups is 2. The van der Waals surface area contributed by atoms with Crippen LogP contribution in [0.25, 0.3) is 0 Å². The first-order chi connectivity index (χ1) is 9.56. The Morgan fingerprint density at radius 3 is 2.80 bits per heavy atom. The molecule has 0 saturated carbocycles. The van der Waals surface area contributed by atoms with Crippen molar-refractivity contribution < 1.29 is 9.59 Å². The topological polar surface area (TPSA) is 59.1 Å². The van der Waals surface area contributed by atoms with Gasteiger partial charge in [0.1, 0.15) is 5.01 Å². The van der Waals surface area contributed by atoms with E-state index in [9.17, 15) is 9.59 Å². The van der Waals surface area contributed by atoms with Crippen molar-refractivity contribution in [1.29, 1.82) is 0 Å². The lowest BCUT2D eigenvalue weighted by Gasteiger charge is -2.02. The highest BCUT2D eigenvalue weighted by molar-refractivity contribution is 7.11. The molecule has 0 atom stereocenters. The number of carbonyl (C=O) groups excluding carboxylic acids is 2. The molecule has 0 aromatic carbocycles. The smallest absolute Gasteiger partial charge is 0.252 e. The van der Waals surface area contributed by atoms with Gasteiger partial charge in [0.2, 0.25) is 0 Å². The van der Waals surface area contributed by atoms with Crippen LogP contribution in [0.15, 0.2) is 23.0 Å². The van der Waals surface area contributed by atoms with Gasteiger partial charge < -0.3 is 5.32 Å². The molecule has 106 valence electrons. The number of ketones is 1. The van der Waals surface area contributed by atoms with E-state index in [0.717, 1.165) is 5.01 Å². The van der Waals surface area contributed by atoms with E-state index in [1.807, 2.05) is 11.6 Å². The summed E-state index contributed by atoms with van der Waals surface area (Å²) in [4.78, 5) is 28.9. The maximum Gasteiger partial charge on any atom is 0.252 e. The lowest BCUT2D eigenvalue weighted by atomic mass is 10.2. The molecule has 1 amide bonds. The first-order valence-corrected chi connectivity index (χ1v) is 8.09. The summed E-state index contributed by atoms with van der Waals surface area (Å²) >= 11 is 3.01. The quantitative estimate of drug-likeness (QED) is 0.892. The molecule has 2 aromatic rings. The maximum atomic E-state index is 11.8. The van der Waals surface area contributed by atoms with E-state index >= 15 is 0 Å². The normalized spacial score (nSPS) is 10.8. The molecule has 0 bridgehead atoms. The third-order valence-electron chi connectivity index (χ3n) is 2.72. The average Bonchev–Trinajstić information content (AvgIpc) is 3.06. The van der Waals surface area contributed by atoms with Crippen LogP contribution in [-0.4, -0.2) is 23.2 Å². The molecule has 2 aromatic heterocycles. The third-order valence-corrected chi connectivity index (χ3v) is 4.70. The summed E-state index contributed by atoms with van der Waals surface area (Å²) in [6.07, 6.45) is 2.10. The number of rotatable bonds is 6. The van der Waals surface area contributed by atoms with E-state index in [1.165, 1.54) is 16.2 Å². The highest BCUT2D eigenvalue weighted by atomic mass is 32.1. The van der Waals surface area contributed by atoms with E-state index in [4.69, 9.17) is 0 Å². The lowest BCUT2D eigenvalue weighted by Crippen LogP contribution is -2.29. The van der Waals surface area contributed by atoms with Crippen molar-refractivity contribution in [2.24, 2.45) is 0 Å². The molecule has 0 aliphatic rings. The van der Waals surface area contributed by atoms with E-state index < -0.39 is 0 Å². The number of thiophene rings is 1. The highest BCUT2D eigenvalue weighted by Crippen LogP contribution is 2.22. The number of nitrogens with one attached hydrogen (secondary N) is 1. The van der Waals surface area contributed by atoms with Crippen molar-refractivity contribution >= 4 is 34.4 Å².